The Morgan fingerprint density at radius 3 is 2.27 bits per heavy atom. The van der Waals surface area contributed by atoms with Crippen LogP contribution in [0.25, 0.3) is 22.5 Å². The first kappa shape index (κ1) is 24.4. The van der Waals surface area contributed by atoms with Gasteiger partial charge in [-0.05, 0) is 25.1 Å². The molecule has 1 saturated heterocycles. The van der Waals surface area contributed by atoms with Gasteiger partial charge in [0.25, 0.3) is 5.91 Å². The van der Waals surface area contributed by atoms with Crippen LogP contribution in [-0.4, -0.2) is 69.3 Å². The van der Waals surface area contributed by atoms with Crippen molar-refractivity contribution in [1.29, 1.82) is 0 Å². The predicted molar refractivity (Wildman–Crippen MR) is 146 cm³/mol. The zero-order valence-corrected chi connectivity index (χ0v) is 21.0. The lowest BCUT2D eigenvalue weighted by Gasteiger charge is -2.36. The van der Waals surface area contributed by atoms with Crippen molar-refractivity contribution in [3.05, 3.63) is 97.5 Å². The summed E-state index contributed by atoms with van der Waals surface area (Å²) in [4.78, 5) is 26.5. The van der Waals surface area contributed by atoms with Crippen molar-refractivity contribution in [2.45, 2.75) is 13.0 Å². The number of para-hydroxylation sites is 1. The largest absolute Gasteiger partial charge is 0.348 e. The molecule has 1 atom stereocenters. The molecule has 0 aliphatic carbocycles. The van der Waals surface area contributed by atoms with Gasteiger partial charge in [0.2, 0.25) is 5.95 Å². The van der Waals surface area contributed by atoms with Crippen LogP contribution in [-0.2, 0) is 4.79 Å². The van der Waals surface area contributed by atoms with Crippen LogP contribution >= 0.6 is 0 Å². The van der Waals surface area contributed by atoms with Gasteiger partial charge in [0.05, 0.1) is 5.69 Å². The zero-order chi connectivity index (χ0) is 25.6. The summed E-state index contributed by atoms with van der Waals surface area (Å²) < 4.78 is 1.80. The maximum atomic E-state index is 13.3. The maximum absolute atomic E-state index is 13.3. The van der Waals surface area contributed by atoms with Crippen LogP contribution < -0.4 is 10.2 Å². The Bertz CT molecular complexity index is 1330. The normalized spacial score (nSPS) is 14.8. The van der Waals surface area contributed by atoms with Gasteiger partial charge in [-0.2, -0.15) is 5.10 Å². The van der Waals surface area contributed by atoms with Crippen molar-refractivity contribution in [1.82, 2.24) is 30.0 Å². The smallest absolute Gasteiger partial charge is 0.251 e. The minimum atomic E-state index is -0.186. The molecular weight excluding hydrogens is 462 g/mol. The monoisotopic (exact) mass is 493 g/mol. The summed E-state index contributed by atoms with van der Waals surface area (Å²) in [6.07, 6.45) is 5.42. The van der Waals surface area contributed by atoms with E-state index in [2.05, 4.69) is 31.7 Å². The molecule has 37 heavy (non-hydrogen) atoms. The fraction of sp³-hybridized carbons (Fsp3) is 0.241. The number of aromatic nitrogens is 4. The second kappa shape index (κ2) is 11.2. The third-order valence-electron chi connectivity index (χ3n) is 6.50. The van der Waals surface area contributed by atoms with E-state index in [-0.39, 0.29) is 11.9 Å². The van der Waals surface area contributed by atoms with Crippen molar-refractivity contribution in [2.75, 3.05) is 37.6 Å². The van der Waals surface area contributed by atoms with Crippen LogP contribution in [0.15, 0.2) is 91.9 Å². The third-order valence-corrected chi connectivity index (χ3v) is 6.50. The van der Waals surface area contributed by atoms with E-state index in [1.807, 2.05) is 79.9 Å². The van der Waals surface area contributed by atoms with Crippen molar-refractivity contribution < 1.29 is 4.79 Å². The van der Waals surface area contributed by atoms with Crippen molar-refractivity contribution in [2.24, 2.45) is 0 Å². The van der Waals surface area contributed by atoms with E-state index in [1.54, 1.807) is 17.1 Å². The predicted octanol–water partition coefficient (Wildman–Crippen LogP) is 3.67. The number of nitrogens with one attached hydrogen (secondary N) is 1. The summed E-state index contributed by atoms with van der Waals surface area (Å²) in [6, 6.07) is 21.6. The average molecular weight is 494 g/mol. The number of hydrogen-bond acceptors (Lipinski definition) is 6. The van der Waals surface area contributed by atoms with Crippen LogP contribution in [0.3, 0.4) is 0 Å². The molecule has 8 nitrogen and oxygen atoms in total. The molecule has 4 aromatic rings. The Hall–Kier alpha value is -4.30. The molecule has 188 valence electrons. The standard InChI is InChI=1S/C29H31N7O/c1-22(20-34-16-18-35(19-17-34)29-30-14-9-15-31-29)32-28(37)23(2)26-21-36(25-12-7-4-8-13-25)33-27(26)24-10-5-3-6-11-24/h3-15,21-22H,2,16-20H2,1H3,(H,32,37). The Labute approximate surface area is 217 Å². The topological polar surface area (TPSA) is 79.2 Å². The lowest BCUT2D eigenvalue weighted by Crippen LogP contribution is -2.51. The number of rotatable bonds is 8. The van der Waals surface area contributed by atoms with Gasteiger partial charge in [0.15, 0.2) is 0 Å². The second-order valence-electron chi connectivity index (χ2n) is 9.23. The number of hydrogen-bond donors (Lipinski definition) is 1. The molecule has 1 aliphatic rings. The van der Waals surface area contributed by atoms with E-state index in [0.717, 1.165) is 61.2 Å². The van der Waals surface area contributed by atoms with Crippen LogP contribution in [0, 0.1) is 0 Å². The molecule has 0 radical (unpaired) electrons. The second-order valence-corrected chi connectivity index (χ2v) is 9.23. The van der Waals surface area contributed by atoms with Gasteiger partial charge in [-0.3, -0.25) is 9.69 Å². The minimum Gasteiger partial charge on any atom is -0.348 e. The lowest BCUT2D eigenvalue weighted by molar-refractivity contribution is -0.116. The van der Waals surface area contributed by atoms with E-state index in [0.29, 0.717) is 5.57 Å². The van der Waals surface area contributed by atoms with Crippen LogP contribution in [0.4, 0.5) is 5.95 Å². The summed E-state index contributed by atoms with van der Waals surface area (Å²) >= 11 is 0. The fourth-order valence-corrected chi connectivity index (χ4v) is 4.57. The molecule has 5 rings (SSSR count). The highest BCUT2D eigenvalue weighted by Crippen LogP contribution is 2.28. The average Bonchev–Trinajstić information content (AvgIpc) is 3.40. The van der Waals surface area contributed by atoms with Gasteiger partial charge in [0, 0.05) is 74.1 Å². The number of piperazine rings is 1. The number of carbonyl (C=O) groups excluding carboxylic acids is 1. The van der Waals surface area contributed by atoms with Gasteiger partial charge < -0.3 is 10.2 Å². The first-order valence-electron chi connectivity index (χ1n) is 12.5. The van der Waals surface area contributed by atoms with Crippen molar-refractivity contribution in [3.8, 4) is 16.9 Å². The number of amides is 1. The van der Waals surface area contributed by atoms with Crippen molar-refractivity contribution >= 4 is 17.4 Å². The molecule has 2 aromatic carbocycles. The number of carbonyl (C=O) groups is 1. The summed E-state index contributed by atoms with van der Waals surface area (Å²) in [5.41, 5.74) is 3.72. The molecule has 1 N–H and O–H groups in total. The molecule has 1 aliphatic heterocycles. The Kier molecular flexibility index (Phi) is 7.37. The van der Waals surface area contributed by atoms with Gasteiger partial charge in [-0.25, -0.2) is 14.6 Å². The van der Waals surface area contributed by atoms with E-state index in [9.17, 15) is 4.79 Å². The summed E-state index contributed by atoms with van der Waals surface area (Å²) in [5, 5.41) is 7.95. The number of benzene rings is 2. The Morgan fingerprint density at radius 1 is 0.946 bits per heavy atom. The van der Waals surface area contributed by atoms with E-state index in [4.69, 9.17) is 5.10 Å². The SMILES string of the molecule is C=C(C(=O)NC(C)CN1CCN(c2ncccn2)CC1)c1cn(-c2ccccc2)nc1-c1ccccc1. The Morgan fingerprint density at radius 2 is 1.59 bits per heavy atom. The molecule has 0 spiro atoms. The highest BCUT2D eigenvalue weighted by molar-refractivity contribution is 6.20. The summed E-state index contributed by atoms with van der Waals surface area (Å²) in [6.45, 7) is 10.5. The van der Waals surface area contributed by atoms with Gasteiger partial charge in [-0.1, -0.05) is 55.1 Å². The molecule has 0 saturated carbocycles. The van der Waals surface area contributed by atoms with Crippen LogP contribution in [0.5, 0.6) is 0 Å². The first-order chi connectivity index (χ1) is 18.1. The van der Waals surface area contributed by atoms with E-state index in [1.165, 1.54) is 0 Å². The molecule has 8 heteroatoms. The quantitative estimate of drug-likeness (QED) is 0.378. The van der Waals surface area contributed by atoms with Gasteiger partial charge >= 0.3 is 0 Å². The zero-order valence-electron chi connectivity index (χ0n) is 21.0. The molecular formula is C29H31N7O. The third kappa shape index (κ3) is 5.76. The Balaban J connectivity index is 1.24. The molecule has 2 aromatic heterocycles. The van der Waals surface area contributed by atoms with E-state index < -0.39 is 0 Å². The molecule has 3 heterocycles. The minimum absolute atomic E-state index is 0.0341. The molecule has 1 amide bonds. The highest BCUT2D eigenvalue weighted by Gasteiger charge is 2.23. The maximum Gasteiger partial charge on any atom is 0.251 e. The van der Waals surface area contributed by atoms with E-state index >= 15 is 0 Å². The molecule has 0 bridgehead atoms. The van der Waals surface area contributed by atoms with Crippen molar-refractivity contribution in [3.63, 3.8) is 0 Å². The number of nitrogens with zero attached hydrogens (tertiary/aromatic N) is 6. The van der Waals surface area contributed by atoms with Gasteiger partial charge in [0.1, 0.15) is 5.69 Å². The molecule has 1 fully saturated rings. The lowest BCUT2D eigenvalue weighted by atomic mass is 10.0. The van der Waals surface area contributed by atoms with Crippen LogP contribution in [0.2, 0.25) is 0 Å². The fourth-order valence-electron chi connectivity index (χ4n) is 4.57. The first-order valence-corrected chi connectivity index (χ1v) is 12.5. The van der Waals surface area contributed by atoms with Crippen LogP contribution in [0.1, 0.15) is 12.5 Å². The number of anilines is 1. The summed E-state index contributed by atoms with van der Waals surface area (Å²) in [7, 11) is 0. The summed E-state index contributed by atoms with van der Waals surface area (Å²) in [5.74, 6) is 0.582. The highest BCUT2D eigenvalue weighted by atomic mass is 16.1. The molecule has 1 unspecified atom stereocenters. The van der Waals surface area contributed by atoms with Gasteiger partial charge in [-0.15, -0.1) is 0 Å².